The summed E-state index contributed by atoms with van der Waals surface area (Å²) in [7, 11) is 0. The van der Waals surface area contributed by atoms with Gasteiger partial charge in [-0.25, -0.2) is 8.78 Å². The van der Waals surface area contributed by atoms with E-state index in [1.807, 2.05) is 42.5 Å². The Morgan fingerprint density at radius 2 is 1.63 bits per heavy atom. The molecule has 1 fully saturated rings. The van der Waals surface area contributed by atoms with Crippen LogP contribution in [0.2, 0.25) is 0 Å². The summed E-state index contributed by atoms with van der Waals surface area (Å²) in [4.78, 5) is 14.5. The molecule has 154 valence electrons. The van der Waals surface area contributed by atoms with Crippen LogP contribution in [0.25, 0.3) is 11.3 Å². The van der Waals surface area contributed by atoms with Crippen LogP contribution in [-0.2, 0) is 11.3 Å². The first-order valence-corrected chi connectivity index (χ1v) is 9.96. The summed E-state index contributed by atoms with van der Waals surface area (Å²) < 4.78 is 27.4. The molecule has 0 bridgehead atoms. The van der Waals surface area contributed by atoms with Crippen molar-refractivity contribution in [1.29, 1.82) is 0 Å². The van der Waals surface area contributed by atoms with Crippen LogP contribution in [0.4, 0.5) is 14.6 Å². The van der Waals surface area contributed by atoms with E-state index in [2.05, 4.69) is 20.4 Å². The zero-order valence-corrected chi connectivity index (χ0v) is 16.4. The van der Waals surface area contributed by atoms with Gasteiger partial charge in [-0.3, -0.25) is 4.79 Å². The highest BCUT2D eigenvalue weighted by Gasteiger charge is 2.26. The number of anilines is 1. The molecule has 0 atom stereocenters. The SMILES string of the molecule is O=C(NCc1c(F)cccc1F)C1CCN(c2ccc(-c3ccccc3)nn2)CC1. The van der Waals surface area contributed by atoms with Gasteiger partial charge in [0, 0.05) is 36.7 Å². The first kappa shape index (κ1) is 19.9. The van der Waals surface area contributed by atoms with Crippen LogP contribution in [0, 0.1) is 17.6 Å². The van der Waals surface area contributed by atoms with Gasteiger partial charge in [0.05, 0.1) is 5.69 Å². The van der Waals surface area contributed by atoms with Crippen LogP contribution in [0.5, 0.6) is 0 Å². The summed E-state index contributed by atoms with van der Waals surface area (Å²) in [6, 6.07) is 17.4. The number of halogens is 2. The van der Waals surface area contributed by atoms with Crippen LogP contribution in [-0.4, -0.2) is 29.2 Å². The van der Waals surface area contributed by atoms with E-state index < -0.39 is 11.6 Å². The largest absolute Gasteiger partial charge is 0.355 e. The zero-order chi connectivity index (χ0) is 20.9. The molecule has 0 radical (unpaired) electrons. The maximum Gasteiger partial charge on any atom is 0.223 e. The molecule has 1 saturated heterocycles. The Labute approximate surface area is 173 Å². The Balaban J connectivity index is 1.31. The van der Waals surface area contributed by atoms with Gasteiger partial charge < -0.3 is 10.2 Å². The molecule has 5 nitrogen and oxygen atoms in total. The second kappa shape index (κ2) is 8.98. The van der Waals surface area contributed by atoms with Crippen molar-refractivity contribution in [2.75, 3.05) is 18.0 Å². The van der Waals surface area contributed by atoms with Gasteiger partial charge in [0.1, 0.15) is 11.6 Å². The normalized spacial score (nSPS) is 14.5. The molecule has 1 aromatic heterocycles. The minimum absolute atomic E-state index is 0.114. The van der Waals surface area contributed by atoms with Crippen molar-refractivity contribution in [2.45, 2.75) is 19.4 Å². The third kappa shape index (κ3) is 4.45. The summed E-state index contributed by atoms with van der Waals surface area (Å²) in [5.74, 6) is -0.886. The Morgan fingerprint density at radius 3 is 2.27 bits per heavy atom. The lowest BCUT2D eigenvalue weighted by Gasteiger charge is -2.31. The van der Waals surface area contributed by atoms with Gasteiger partial charge in [-0.05, 0) is 37.1 Å². The monoisotopic (exact) mass is 408 g/mol. The number of nitrogens with one attached hydrogen (secondary N) is 1. The van der Waals surface area contributed by atoms with E-state index >= 15 is 0 Å². The summed E-state index contributed by atoms with van der Waals surface area (Å²) >= 11 is 0. The van der Waals surface area contributed by atoms with E-state index in [-0.39, 0.29) is 23.9 Å². The third-order valence-corrected chi connectivity index (χ3v) is 5.41. The van der Waals surface area contributed by atoms with Gasteiger partial charge in [0.2, 0.25) is 5.91 Å². The quantitative estimate of drug-likeness (QED) is 0.695. The van der Waals surface area contributed by atoms with Gasteiger partial charge in [-0.15, -0.1) is 10.2 Å². The first-order chi connectivity index (χ1) is 14.6. The molecule has 30 heavy (non-hydrogen) atoms. The smallest absolute Gasteiger partial charge is 0.223 e. The summed E-state index contributed by atoms with van der Waals surface area (Å²) in [6.45, 7) is 1.20. The van der Waals surface area contributed by atoms with Crippen LogP contribution < -0.4 is 10.2 Å². The molecule has 2 heterocycles. The maximum absolute atomic E-state index is 13.7. The number of hydrogen-bond acceptors (Lipinski definition) is 4. The zero-order valence-electron chi connectivity index (χ0n) is 16.4. The Hall–Kier alpha value is -3.35. The molecular weight excluding hydrogens is 386 g/mol. The van der Waals surface area contributed by atoms with Gasteiger partial charge in [-0.1, -0.05) is 36.4 Å². The molecule has 0 aliphatic carbocycles. The van der Waals surface area contributed by atoms with E-state index in [4.69, 9.17) is 0 Å². The number of hydrogen-bond donors (Lipinski definition) is 1. The van der Waals surface area contributed by atoms with E-state index in [9.17, 15) is 13.6 Å². The number of carbonyl (C=O) groups is 1. The lowest BCUT2D eigenvalue weighted by molar-refractivity contribution is -0.125. The van der Waals surface area contributed by atoms with E-state index in [1.165, 1.54) is 18.2 Å². The molecule has 0 unspecified atom stereocenters. The molecule has 4 rings (SSSR count). The second-order valence-electron chi connectivity index (χ2n) is 7.32. The van der Waals surface area contributed by atoms with Gasteiger partial charge in [0.25, 0.3) is 0 Å². The highest BCUT2D eigenvalue weighted by Crippen LogP contribution is 2.23. The highest BCUT2D eigenvalue weighted by molar-refractivity contribution is 5.79. The van der Waals surface area contributed by atoms with Crippen LogP contribution >= 0.6 is 0 Å². The predicted molar refractivity (Wildman–Crippen MR) is 111 cm³/mol. The molecule has 3 aromatic rings. The minimum Gasteiger partial charge on any atom is -0.355 e. The van der Waals surface area contributed by atoms with Gasteiger partial charge in [0.15, 0.2) is 5.82 Å². The molecule has 7 heteroatoms. The maximum atomic E-state index is 13.7. The van der Waals surface area contributed by atoms with Crippen LogP contribution in [0.1, 0.15) is 18.4 Å². The molecule has 1 aliphatic heterocycles. The van der Waals surface area contributed by atoms with Crippen LogP contribution in [0.15, 0.2) is 60.7 Å². The van der Waals surface area contributed by atoms with Crippen molar-refractivity contribution in [3.8, 4) is 11.3 Å². The van der Waals surface area contributed by atoms with E-state index in [1.54, 1.807) is 0 Å². The molecule has 1 amide bonds. The van der Waals surface area contributed by atoms with Crippen LogP contribution in [0.3, 0.4) is 0 Å². The Morgan fingerprint density at radius 1 is 0.933 bits per heavy atom. The van der Waals surface area contributed by atoms with Gasteiger partial charge >= 0.3 is 0 Å². The summed E-state index contributed by atoms with van der Waals surface area (Å²) in [5, 5.41) is 11.3. The standard InChI is InChI=1S/C23H22F2N4O/c24-19-7-4-8-20(25)18(19)15-26-23(30)17-11-13-29(14-12-17)22-10-9-21(27-28-22)16-5-2-1-3-6-16/h1-10,17H,11-15H2,(H,26,30). The highest BCUT2D eigenvalue weighted by atomic mass is 19.1. The number of nitrogens with zero attached hydrogens (tertiary/aromatic N) is 3. The third-order valence-electron chi connectivity index (χ3n) is 5.41. The lowest BCUT2D eigenvalue weighted by Crippen LogP contribution is -2.40. The topological polar surface area (TPSA) is 58.1 Å². The fourth-order valence-electron chi connectivity index (χ4n) is 3.65. The van der Waals surface area contributed by atoms with Crippen molar-refractivity contribution in [3.05, 3.63) is 77.9 Å². The number of aromatic nitrogens is 2. The number of piperidine rings is 1. The average molecular weight is 408 g/mol. The Bertz CT molecular complexity index is 983. The van der Waals surface area contributed by atoms with Gasteiger partial charge in [-0.2, -0.15) is 0 Å². The molecule has 0 saturated carbocycles. The Kier molecular flexibility index (Phi) is 5.97. The predicted octanol–water partition coefficient (Wildman–Crippen LogP) is 3.95. The molecule has 2 aromatic carbocycles. The van der Waals surface area contributed by atoms with Crippen molar-refractivity contribution >= 4 is 11.7 Å². The first-order valence-electron chi connectivity index (χ1n) is 9.96. The number of benzene rings is 2. The number of carbonyl (C=O) groups excluding carboxylic acids is 1. The second-order valence-corrected chi connectivity index (χ2v) is 7.32. The molecule has 0 spiro atoms. The van der Waals surface area contributed by atoms with E-state index in [0.717, 1.165) is 17.1 Å². The lowest BCUT2D eigenvalue weighted by atomic mass is 9.95. The number of amides is 1. The fourth-order valence-corrected chi connectivity index (χ4v) is 3.65. The summed E-state index contributed by atoms with van der Waals surface area (Å²) in [5.41, 5.74) is 1.71. The van der Waals surface area contributed by atoms with Crippen molar-refractivity contribution in [1.82, 2.24) is 15.5 Å². The van der Waals surface area contributed by atoms with Crippen molar-refractivity contribution < 1.29 is 13.6 Å². The average Bonchev–Trinajstić information content (AvgIpc) is 2.79. The minimum atomic E-state index is -0.650. The molecule has 1 N–H and O–H groups in total. The number of rotatable bonds is 5. The van der Waals surface area contributed by atoms with Crippen molar-refractivity contribution in [3.63, 3.8) is 0 Å². The van der Waals surface area contributed by atoms with E-state index in [0.29, 0.717) is 25.9 Å². The van der Waals surface area contributed by atoms with Crippen molar-refractivity contribution in [2.24, 2.45) is 5.92 Å². The molecule has 1 aliphatic rings. The summed E-state index contributed by atoms with van der Waals surface area (Å²) in [6.07, 6.45) is 1.29. The fraction of sp³-hybridized carbons (Fsp3) is 0.261. The molecular formula is C23H22F2N4O.